The maximum absolute atomic E-state index is 13.0. The van der Waals surface area contributed by atoms with Crippen molar-refractivity contribution in [1.82, 2.24) is 0 Å². The summed E-state index contributed by atoms with van der Waals surface area (Å²) in [4.78, 5) is 13.0. The number of carbonyl (C=O) groups is 1. The summed E-state index contributed by atoms with van der Waals surface area (Å²) in [5.74, 6) is 0.310. The molecule has 5 heteroatoms. The first-order valence-electron chi connectivity index (χ1n) is 10.3. The molecule has 0 saturated heterocycles. The highest BCUT2D eigenvalue weighted by Gasteiger charge is 2.56. The summed E-state index contributed by atoms with van der Waals surface area (Å²) in [6.07, 6.45) is 2.01. The minimum Gasteiger partial charge on any atom is -0.618 e. The molecule has 0 N–H and O–H groups in total. The van der Waals surface area contributed by atoms with Crippen LogP contribution in [0.3, 0.4) is 0 Å². The molecule has 0 spiro atoms. The van der Waals surface area contributed by atoms with Gasteiger partial charge >= 0.3 is 12.7 Å². The molecule has 4 aromatic rings. The van der Waals surface area contributed by atoms with E-state index in [4.69, 9.17) is 9.31 Å². The van der Waals surface area contributed by atoms with Crippen molar-refractivity contribution in [3.8, 4) is 16.9 Å². The Morgan fingerprint density at radius 3 is 2.16 bits per heavy atom. The van der Waals surface area contributed by atoms with Crippen LogP contribution in [0.1, 0.15) is 15.9 Å². The Morgan fingerprint density at radius 1 is 0.645 bits per heavy atom. The third-order valence-corrected chi connectivity index (χ3v) is 5.96. The number of benzene rings is 4. The van der Waals surface area contributed by atoms with Gasteiger partial charge in [0.1, 0.15) is 11.8 Å². The highest BCUT2D eigenvalue weighted by atomic mass is 16.6. The van der Waals surface area contributed by atoms with Crippen molar-refractivity contribution >= 4 is 30.0 Å². The van der Waals surface area contributed by atoms with E-state index in [-0.39, 0.29) is 5.97 Å². The van der Waals surface area contributed by atoms with E-state index in [9.17, 15) is 4.79 Å². The van der Waals surface area contributed by atoms with Crippen LogP contribution in [0.4, 0.5) is 5.69 Å². The third kappa shape index (κ3) is 2.71. The van der Waals surface area contributed by atoms with Crippen molar-refractivity contribution in [2.24, 2.45) is 0 Å². The Labute approximate surface area is 180 Å². The van der Waals surface area contributed by atoms with Crippen molar-refractivity contribution in [2.75, 3.05) is 0 Å². The molecule has 0 fully saturated rings. The van der Waals surface area contributed by atoms with E-state index in [0.29, 0.717) is 11.3 Å². The normalized spacial score (nSPS) is 18.6. The molecule has 4 aromatic carbocycles. The molecule has 0 amide bonds. The summed E-state index contributed by atoms with van der Waals surface area (Å²) < 4.78 is 14.6. The molecule has 4 nitrogen and oxygen atoms in total. The molecule has 0 radical (unpaired) electrons. The topological polar surface area (TPSA) is 38.5 Å². The Balaban J connectivity index is 1.55. The van der Waals surface area contributed by atoms with Gasteiger partial charge in [0.05, 0.1) is 11.3 Å². The first-order valence-corrected chi connectivity index (χ1v) is 10.3. The van der Waals surface area contributed by atoms with Gasteiger partial charge in [-0.25, -0.2) is 0 Å². The number of hydrogen-bond donors (Lipinski definition) is 0. The predicted octanol–water partition coefficient (Wildman–Crippen LogP) is 4.53. The van der Waals surface area contributed by atoms with Gasteiger partial charge in [-0.1, -0.05) is 78.9 Å². The largest absolute Gasteiger partial charge is 0.686 e. The molecule has 0 aliphatic carbocycles. The lowest BCUT2D eigenvalue weighted by Gasteiger charge is -2.42. The molecule has 6 rings (SSSR count). The summed E-state index contributed by atoms with van der Waals surface area (Å²) in [7, 11) is 0. The molecule has 0 aromatic heterocycles. The van der Waals surface area contributed by atoms with E-state index in [2.05, 4.69) is 12.1 Å². The monoisotopic (exact) mass is 403 g/mol. The molecule has 0 bridgehead atoms. The van der Waals surface area contributed by atoms with E-state index >= 15 is 0 Å². The lowest BCUT2D eigenvalue weighted by Crippen LogP contribution is -2.68. The van der Waals surface area contributed by atoms with Gasteiger partial charge in [0.2, 0.25) is 0 Å². The minimum absolute atomic E-state index is 0.383. The molecule has 148 valence electrons. The van der Waals surface area contributed by atoms with Gasteiger partial charge in [0.25, 0.3) is 0 Å². The molecule has 0 saturated carbocycles. The van der Waals surface area contributed by atoms with E-state index < -0.39 is 6.69 Å². The Hall–Kier alpha value is -4.12. The lowest BCUT2D eigenvalue weighted by atomic mass is 9.60. The molecule has 1 unspecified atom stereocenters. The number of fused-ring (bicyclic) bond motifs is 4. The standard InChI is InChI=1S/C26H18BNO3/c29-26-23-11-5-6-12-24(23)28-18-21-10-4-7-13-25(21)30-27(28,31-26)22-16-14-20(15-17-22)19-8-2-1-3-9-19/h1-18H. The molecule has 2 aliphatic heterocycles. The second-order valence-electron chi connectivity index (χ2n) is 7.77. The van der Waals surface area contributed by atoms with Crippen molar-refractivity contribution in [1.29, 1.82) is 0 Å². The van der Waals surface area contributed by atoms with Gasteiger partial charge in [-0.15, -0.1) is 0 Å². The molecule has 31 heavy (non-hydrogen) atoms. The van der Waals surface area contributed by atoms with E-state index in [1.54, 1.807) is 6.07 Å². The molecule has 2 heterocycles. The quantitative estimate of drug-likeness (QED) is 0.462. The zero-order valence-electron chi connectivity index (χ0n) is 16.6. The maximum Gasteiger partial charge on any atom is 0.686 e. The van der Waals surface area contributed by atoms with Crippen molar-refractivity contribution in [3.63, 3.8) is 0 Å². The van der Waals surface area contributed by atoms with Crippen LogP contribution >= 0.6 is 0 Å². The Bertz CT molecular complexity index is 1350. The number of carbonyl (C=O) groups excluding carboxylic acids is 1. The van der Waals surface area contributed by atoms with Gasteiger partial charge < -0.3 is 13.8 Å². The van der Waals surface area contributed by atoms with Gasteiger partial charge in [-0.05, 0) is 34.8 Å². The second kappa shape index (κ2) is 6.71. The van der Waals surface area contributed by atoms with Crippen LogP contribution in [-0.2, 0) is 4.65 Å². The highest BCUT2D eigenvalue weighted by molar-refractivity contribution is 6.77. The van der Waals surface area contributed by atoms with Crippen LogP contribution in [0.5, 0.6) is 5.75 Å². The Morgan fingerprint density at radius 2 is 1.32 bits per heavy atom. The van der Waals surface area contributed by atoms with Crippen molar-refractivity contribution < 1.29 is 18.6 Å². The van der Waals surface area contributed by atoms with Gasteiger partial charge in [0.15, 0.2) is 5.69 Å². The third-order valence-electron chi connectivity index (χ3n) is 5.96. The second-order valence-corrected chi connectivity index (χ2v) is 7.77. The average Bonchev–Trinajstić information content (AvgIpc) is 2.84. The summed E-state index contributed by atoms with van der Waals surface area (Å²) in [6.45, 7) is -2.28. The van der Waals surface area contributed by atoms with Gasteiger partial charge in [0, 0.05) is 6.07 Å². The average molecular weight is 403 g/mol. The first-order chi connectivity index (χ1) is 15.2. The summed E-state index contributed by atoms with van der Waals surface area (Å²) in [5.41, 5.74) is 5.26. The van der Waals surface area contributed by atoms with Crippen LogP contribution in [-0.4, -0.2) is 23.4 Å². The fraction of sp³-hybridized carbons (Fsp3) is 0. The highest BCUT2D eigenvalue weighted by Crippen LogP contribution is 2.36. The van der Waals surface area contributed by atoms with Crippen LogP contribution in [0, 0.1) is 0 Å². The smallest absolute Gasteiger partial charge is 0.618 e. The summed E-state index contributed by atoms with van der Waals surface area (Å²) in [5, 5.41) is 0. The van der Waals surface area contributed by atoms with Crippen LogP contribution in [0.2, 0.25) is 0 Å². The molecular formula is C26H18BNO3. The summed E-state index contributed by atoms with van der Waals surface area (Å²) in [6, 6.07) is 33.5. The zero-order valence-corrected chi connectivity index (χ0v) is 16.6. The first kappa shape index (κ1) is 17.7. The summed E-state index contributed by atoms with van der Waals surface area (Å²) >= 11 is 0. The van der Waals surface area contributed by atoms with E-state index in [1.807, 2.05) is 95.6 Å². The number of para-hydroxylation sites is 2. The maximum atomic E-state index is 13.0. The van der Waals surface area contributed by atoms with E-state index in [1.165, 1.54) is 0 Å². The fourth-order valence-corrected chi connectivity index (χ4v) is 4.43. The van der Waals surface area contributed by atoms with Crippen LogP contribution < -0.4 is 10.1 Å². The SMILES string of the molecule is O=C1O[B-]2(c3ccc(-c4ccccc4)cc3)Oc3ccccc3C=[N+]2c2ccccc21. The molecule has 1 atom stereocenters. The van der Waals surface area contributed by atoms with Gasteiger partial charge in [-0.2, -0.15) is 0 Å². The molecule has 2 aliphatic rings. The number of hydrogen-bond acceptors (Lipinski definition) is 3. The Kier molecular flexibility index (Phi) is 3.83. The van der Waals surface area contributed by atoms with Crippen molar-refractivity contribution in [2.45, 2.75) is 0 Å². The molecular weight excluding hydrogens is 385 g/mol. The van der Waals surface area contributed by atoms with Gasteiger partial charge in [-0.3, -0.25) is 4.79 Å². The van der Waals surface area contributed by atoms with Crippen molar-refractivity contribution in [3.05, 3.63) is 114 Å². The minimum atomic E-state index is -2.28. The van der Waals surface area contributed by atoms with Crippen LogP contribution in [0.15, 0.2) is 103 Å². The zero-order chi connectivity index (χ0) is 20.8. The van der Waals surface area contributed by atoms with E-state index in [0.717, 1.165) is 27.8 Å². The lowest BCUT2D eigenvalue weighted by molar-refractivity contribution is -0.334. The fourth-order valence-electron chi connectivity index (χ4n) is 4.43. The number of nitrogens with zero attached hydrogens (tertiary/aromatic N) is 1. The van der Waals surface area contributed by atoms with Crippen LogP contribution in [0.25, 0.3) is 11.1 Å². The number of rotatable bonds is 2. The predicted molar refractivity (Wildman–Crippen MR) is 121 cm³/mol.